The Bertz CT molecular complexity index is 422. The Morgan fingerprint density at radius 2 is 1.95 bits per heavy atom. The Labute approximate surface area is 120 Å². The van der Waals surface area contributed by atoms with E-state index in [1.54, 1.807) is 7.11 Å². The van der Waals surface area contributed by atoms with Crippen LogP contribution in [0, 0.1) is 5.92 Å². The SMILES string of the molecule is COc1ccc(CCC(=O)N2CCC(CO)CC2)cc1. The molecule has 1 amide bonds. The summed E-state index contributed by atoms with van der Waals surface area (Å²) in [5, 5.41) is 9.10. The molecule has 0 bridgehead atoms. The van der Waals surface area contributed by atoms with E-state index in [-0.39, 0.29) is 12.5 Å². The van der Waals surface area contributed by atoms with E-state index in [1.807, 2.05) is 29.2 Å². The number of nitrogens with zero attached hydrogens (tertiary/aromatic N) is 1. The van der Waals surface area contributed by atoms with Gasteiger partial charge in [-0.2, -0.15) is 0 Å². The second kappa shape index (κ2) is 7.29. The molecule has 0 spiro atoms. The number of hydrogen-bond acceptors (Lipinski definition) is 3. The summed E-state index contributed by atoms with van der Waals surface area (Å²) in [5.41, 5.74) is 1.16. The average molecular weight is 277 g/mol. The number of carbonyl (C=O) groups is 1. The molecule has 1 heterocycles. The number of aliphatic hydroxyl groups excluding tert-OH is 1. The Hall–Kier alpha value is -1.55. The fourth-order valence-corrected chi connectivity index (χ4v) is 2.57. The molecule has 110 valence electrons. The number of hydrogen-bond donors (Lipinski definition) is 1. The molecule has 1 aliphatic heterocycles. The minimum absolute atomic E-state index is 0.220. The van der Waals surface area contributed by atoms with E-state index in [0.29, 0.717) is 12.3 Å². The Morgan fingerprint density at radius 1 is 1.30 bits per heavy atom. The molecule has 4 heteroatoms. The number of aliphatic hydroxyl groups is 1. The van der Waals surface area contributed by atoms with Crippen LogP contribution in [0.3, 0.4) is 0 Å². The van der Waals surface area contributed by atoms with E-state index in [0.717, 1.165) is 43.7 Å². The zero-order valence-corrected chi connectivity index (χ0v) is 12.0. The van der Waals surface area contributed by atoms with Crippen LogP contribution in [0.15, 0.2) is 24.3 Å². The molecule has 0 unspecified atom stereocenters. The van der Waals surface area contributed by atoms with Crippen molar-refractivity contribution in [3.63, 3.8) is 0 Å². The summed E-state index contributed by atoms with van der Waals surface area (Å²) in [6.45, 7) is 1.81. The van der Waals surface area contributed by atoms with Crippen molar-refractivity contribution in [2.24, 2.45) is 5.92 Å². The quantitative estimate of drug-likeness (QED) is 0.893. The van der Waals surface area contributed by atoms with E-state index in [2.05, 4.69) is 0 Å². The number of methoxy groups -OCH3 is 1. The maximum atomic E-state index is 12.1. The van der Waals surface area contributed by atoms with Gasteiger partial charge in [0.2, 0.25) is 5.91 Å². The molecule has 0 saturated carbocycles. The highest BCUT2D eigenvalue weighted by atomic mass is 16.5. The van der Waals surface area contributed by atoms with Crippen LogP contribution in [-0.2, 0) is 11.2 Å². The lowest BCUT2D eigenvalue weighted by Crippen LogP contribution is -2.39. The molecule has 0 radical (unpaired) electrons. The van der Waals surface area contributed by atoms with Crippen LogP contribution < -0.4 is 4.74 Å². The number of aryl methyl sites for hydroxylation is 1. The summed E-state index contributed by atoms with van der Waals surface area (Å²) in [6, 6.07) is 7.85. The summed E-state index contributed by atoms with van der Waals surface area (Å²) >= 11 is 0. The highest BCUT2D eigenvalue weighted by Crippen LogP contribution is 2.18. The predicted octanol–water partition coefficient (Wildman–Crippen LogP) is 1.86. The van der Waals surface area contributed by atoms with Gasteiger partial charge in [-0.1, -0.05) is 12.1 Å². The molecule has 2 rings (SSSR count). The van der Waals surface area contributed by atoms with Crippen molar-refractivity contribution in [2.45, 2.75) is 25.7 Å². The summed E-state index contributed by atoms with van der Waals surface area (Å²) in [5.74, 6) is 1.43. The minimum Gasteiger partial charge on any atom is -0.497 e. The average Bonchev–Trinajstić information content (AvgIpc) is 2.53. The van der Waals surface area contributed by atoms with Gasteiger partial charge in [0, 0.05) is 26.1 Å². The van der Waals surface area contributed by atoms with Crippen molar-refractivity contribution in [1.82, 2.24) is 4.90 Å². The molecular formula is C16H23NO3. The lowest BCUT2D eigenvalue weighted by Gasteiger charge is -2.31. The van der Waals surface area contributed by atoms with Gasteiger partial charge in [0.05, 0.1) is 7.11 Å². The van der Waals surface area contributed by atoms with Crippen LogP contribution >= 0.6 is 0 Å². The van der Waals surface area contributed by atoms with Gasteiger partial charge >= 0.3 is 0 Å². The van der Waals surface area contributed by atoms with Gasteiger partial charge in [-0.25, -0.2) is 0 Å². The number of amides is 1. The van der Waals surface area contributed by atoms with Gasteiger partial charge in [0.15, 0.2) is 0 Å². The standard InChI is InChI=1S/C16H23NO3/c1-20-15-5-2-13(3-6-15)4-7-16(19)17-10-8-14(12-18)9-11-17/h2-3,5-6,14,18H,4,7-12H2,1H3. The predicted molar refractivity (Wildman–Crippen MR) is 77.7 cm³/mol. The second-order valence-electron chi connectivity index (χ2n) is 5.35. The third-order valence-corrected chi connectivity index (χ3v) is 4.01. The maximum Gasteiger partial charge on any atom is 0.222 e. The monoisotopic (exact) mass is 277 g/mol. The van der Waals surface area contributed by atoms with Crippen molar-refractivity contribution in [2.75, 3.05) is 26.8 Å². The smallest absolute Gasteiger partial charge is 0.222 e. The molecule has 1 aromatic carbocycles. The fraction of sp³-hybridized carbons (Fsp3) is 0.562. The van der Waals surface area contributed by atoms with E-state index in [1.165, 1.54) is 0 Å². The summed E-state index contributed by atoms with van der Waals surface area (Å²) in [7, 11) is 1.65. The lowest BCUT2D eigenvalue weighted by atomic mass is 9.97. The van der Waals surface area contributed by atoms with Crippen LogP contribution in [0.5, 0.6) is 5.75 Å². The molecule has 20 heavy (non-hydrogen) atoms. The number of piperidine rings is 1. The van der Waals surface area contributed by atoms with Gasteiger partial charge in [-0.3, -0.25) is 4.79 Å². The highest BCUT2D eigenvalue weighted by Gasteiger charge is 2.21. The van der Waals surface area contributed by atoms with Gasteiger partial charge in [0.25, 0.3) is 0 Å². The summed E-state index contributed by atoms with van der Waals surface area (Å²) in [6.07, 6.45) is 3.16. The van der Waals surface area contributed by atoms with Crippen LogP contribution in [0.4, 0.5) is 0 Å². The number of benzene rings is 1. The first-order chi connectivity index (χ1) is 9.72. The van der Waals surface area contributed by atoms with Gasteiger partial charge in [0.1, 0.15) is 5.75 Å². The molecular weight excluding hydrogens is 254 g/mol. The Balaban J connectivity index is 1.77. The van der Waals surface area contributed by atoms with Crippen LogP contribution in [0.2, 0.25) is 0 Å². The van der Waals surface area contributed by atoms with Gasteiger partial charge in [-0.15, -0.1) is 0 Å². The number of carbonyl (C=O) groups excluding carboxylic acids is 1. The third kappa shape index (κ3) is 3.97. The summed E-state index contributed by atoms with van der Waals surface area (Å²) < 4.78 is 5.12. The van der Waals surface area contributed by atoms with Crippen molar-refractivity contribution < 1.29 is 14.6 Å². The Kier molecular flexibility index (Phi) is 5.41. The van der Waals surface area contributed by atoms with E-state index >= 15 is 0 Å². The van der Waals surface area contributed by atoms with E-state index in [4.69, 9.17) is 9.84 Å². The molecule has 1 aliphatic rings. The number of likely N-dealkylation sites (tertiary alicyclic amines) is 1. The lowest BCUT2D eigenvalue weighted by molar-refractivity contribution is -0.132. The Morgan fingerprint density at radius 3 is 2.50 bits per heavy atom. The van der Waals surface area contributed by atoms with Crippen LogP contribution in [0.25, 0.3) is 0 Å². The first kappa shape index (κ1) is 14.9. The van der Waals surface area contributed by atoms with Crippen molar-refractivity contribution in [1.29, 1.82) is 0 Å². The summed E-state index contributed by atoms with van der Waals surface area (Å²) in [4.78, 5) is 14.1. The molecule has 0 aromatic heterocycles. The van der Waals surface area contributed by atoms with Gasteiger partial charge < -0.3 is 14.7 Å². The van der Waals surface area contributed by atoms with E-state index in [9.17, 15) is 4.79 Å². The minimum atomic E-state index is 0.220. The first-order valence-corrected chi connectivity index (χ1v) is 7.24. The fourth-order valence-electron chi connectivity index (χ4n) is 2.57. The van der Waals surface area contributed by atoms with Crippen molar-refractivity contribution in [3.8, 4) is 5.75 Å². The number of ether oxygens (including phenoxy) is 1. The van der Waals surface area contributed by atoms with Gasteiger partial charge in [-0.05, 0) is 42.9 Å². The second-order valence-corrected chi connectivity index (χ2v) is 5.35. The maximum absolute atomic E-state index is 12.1. The normalized spacial score (nSPS) is 16.2. The highest BCUT2D eigenvalue weighted by molar-refractivity contribution is 5.76. The van der Waals surface area contributed by atoms with Crippen LogP contribution in [0.1, 0.15) is 24.8 Å². The molecule has 0 aliphatic carbocycles. The molecule has 1 aromatic rings. The zero-order chi connectivity index (χ0) is 14.4. The van der Waals surface area contributed by atoms with Crippen molar-refractivity contribution in [3.05, 3.63) is 29.8 Å². The molecule has 1 fully saturated rings. The van der Waals surface area contributed by atoms with Crippen LogP contribution in [-0.4, -0.2) is 42.7 Å². The molecule has 1 saturated heterocycles. The molecule has 1 N–H and O–H groups in total. The third-order valence-electron chi connectivity index (χ3n) is 4.01. The van der Waals surface area contributed by atoms with Crippen molar-refractivity contribution >= 4 is 5.91 Å². The largest absolute Gasteiger partial charge is 0.497 e. The first-order valence-electron chi connectivity index (χ1n) is 7.24. The zero-order valence-electron chi connectivity index (χ0n) is 12.0. The molecule has 4 nitrogen and oxygen atoms in total. The molecule has 0 atom stereocenters. The number of rotatable bonds is 5. The topological polar surface area (TPSA) is 49.8 Å². The van der Waals surface area contributed by atoms with E-state index < -0.39 is 0 Å².